The van der Waals surface area contributed by atoms with Gasteiger partial charge < -0.3 is 19.5 Å². The van der Waals surface area contributed by atoms with Crippen molar-refractivity contribution in [3.8, 4) is 17.2 Å². The van der Waals surface area contributed by atoms with Gasteiger partial charge >= 0.3 is 0 Å². The summed E-state index contributed by atoms with van der Waals surface area (Å²) in [4.78, 5) is 12.3. The molecule has 0 saturated heterocycles. The van der Waals surface area contributed by atoms with Crippen molar-refractivity contribution in [2.24, 2.45) is 0 Å². The number of hydrogen-bond donors (Lipinski definition) is 1. The highest BCUT2D eigenvalue weighted by Crippen LogP contribution is 2.30. The van der Waals surface area contributed by atoms with Crippen molar-refractivity contribution >= 4 is 12.0 Å². The minimum Gasteiger partial charge on any atom is -0.497 e. The van der Waals surface area contributed by atoms with Crippen LogP contribution in [0, 0.1) is 0 Å². The van der Waals surface area contributed by atoms with E-state index >= 15 is 0 Å². The van der Waals surface area contributed by atoms with E-state index in [0.29, 0.717) is 11.5 Å². The van der Waals surface area contributed by atoms with Gasteiger partial charge in [-0.05, 0) is 47.9 Å². The monoisotopic (exact) mass is 355 g/mol. The molecule has 0 aliphatic heterocycles. The fraction of sp³-hybridized carbons (Fsp3) is 0.286. The van der Waals surface area contributed by atoms with Crippen LogP contribution in [0.3, 0.4) is 0 Å². The van der Waals surface area contributed by atoms with Gasteiger partial charge in [0.05, 0.1) is 27.4 Å². The lowest BCUT2D eigenvalue weighted by molar-refractivity contribution is -0.117. The molecule has 2 aromatic rings. The predicted molar refractivity (Wildman–Crippen MR) is 103 cm³/mol. The van der Waals surface area contributed by atoms with Gasteiger partial charge in [0.25, 0.3) is 0 Å². The average molecular weight is 355 g/mol. The van der Waals surface area contributed by atoms with Crippen LogP contribution in [0.25, 0.3) is 6.08 Å². The topological polar surface area (TPSA) is 56.8 Å². The van der Waals surface area contributed by atoms with Gasteiger partial charge in [0, 0.05) is 6.08 Å². The van der Waals surface area contributed by atoms with Gasteiger partial charge in [0.15, 0.2) is 11.5 Å². The van der Waals surface area contributed by atoms with Gasteiger partial charge in [0.2, 0.25) is 5.91 Å². The molecular weight excluding hydrogens is 330 g/mol. The van der Waals surface area contributed by atoms with Crippen molar-refractivity contribution in [3.05, 3.63) is 59.7 Å². The molecule has 2 aromatic carbocycles. The SMILES string of the molecule is CC[C@@H](NC(=O)/C=C/c1ccc(OC)cc1)c1ccc(OC)c(OC)c1. The van der Waals surface area contributed by atoms with Crippen LogP contribution >= 0.6 is 0 Å². The zero-order chi connectivity index (χ0) is 18.9. The van der Waals surface area contributed by atoms with E-state index in [1.807, 2.05) is 49.4 Å². The van der Waals surface area contributed by atoms with Crippen LogP contribution in [0.15, 0.2) is 48.5 Å². The van der Waals surface area contributed by atoms with E-state index in [4.69, 9.17) is 14.2 Å². The zero-order valence-corrected chi connectivity index (χ0v) is 15.6. The molecule has 0 aliphatic carbocycles. The Balaban J connectivity index is 2.06. The Hall–Kier alpha value is -2.95. The largest absolute Gasteiger partial charge is 0.497 e. The van der Waals surface area contributed by atoms with E-state index in [0.717, 1.165) is 23.3 Å². The number of hydrogen-bond acceptors (Lipinski definition) is 4. The molecule has 5 heteroatoms. The fourth-order valence-corrected chi connectivity index (χ4v) is 2.60. The fourth-order valence-electron chi connectivity index (χ4n) is 2.60. The molecule has 1 amide bonds. The molecule has 0 saturated carbocycles. The summed E-state index contributed by atoms with van der Waals surface area (Å²) in [5.74, 6) is 1.94. The second-order valence-electron chi connectivity index (χ2n) is 5.69. The van der Waals surface area contributed by atoms with Crippen molar-refractivity contribution in [1.29, 1.82) is 0 Å². The van der Waals surface area contributed by atoms with Crippen molar-refractivity contribution < 1.29 is 19.0 Å². The summed E-state index contributed by atoms with van der Waals surface area (Å²) in [6.07, 6.45) is 4.07. The molecule has 0 heterocycles. The standard InChI is InChI=1S/C21H25NO4/c1-5-18(16-9-12-19(25-3)20(14-16)26-4)22-21(23)13-8-15-6-10-17(24-2)11-7-15/h6-14,18H,5H2,1-4H3,(H,22,23)/b13-8+/t18-/m1/s1. The highest BCUT2D eigenvalue weighted by Gasteiger charge is 2.14. The molecule has 0 radical (unpaired) electrons. The summed E-state index contributed by atoms with van der Waals surface area (Å²) in [5, 5.41) is 3.02. The van der Waals surface area contributed by atoms with Crippen molar-refractivity contribution in [1.82, 2.24) is 5.32 Å². The lowest BCUT2D eigenvalue weighted by Crippen LogP contribution is -2.26. The van der Waals surface area contributed by atoms with Crippen LogP contribution < -0.4 is 19.5 Å². The molecule has 0 spiro atoms. The molecule has 0 fully saturated rings. The van der Waals surface area contributed by atoms with Crippen LogP contribution in [0.4, 0.5) is 0 Å². The highest BCUT2D eigenvalue weighted by molar-refractivity contribution is 5.92. The molecule has 138 valence electrons. The number of carbonyl (C=O) groups excluding carboxylic acids is 1. The van der Waals surface area contributed by atoms with Gasteiger partial charge in [-0.1, -0.05) is 25.1 Å². The van der Waals surface area contributed by atoms with E-state index in [1.54, 1.807) is 27.4 Å². The number of amides is 1. The van der Waals surface area contributed by atoms with E-state index in [9.17, 15) is 4.79 Å². The Kier molecular flexibility index (Phi) is 7.09. The van der Waals surface area contributed by atoms with Gasteiger partial charge in [-0.2, -0.15) is 0 Å². The Morgan fingerprint density at radius 1 is 1.00 bits per heavy atom. The minimum atomic E-state index is -0.151. The number of benzene rings is 2. The summed E-state index contributed by atoms with van der Waals surface area (Å²) < 4.78 is 15.7. The van der Waals surface area contributed by atoms with Crippen molar-refractivity contribution in [2.75, 3.05) is 21.3 Å². The zero-order valence-electron chi connectivity index (χ0n) is 15.6. The highest BCUT2D eigenvalue weighted by atomic mass is 16.5. The molecule has 0 unspecified atom stereocenters. The first-order valence-electron chi connectivity index (χ1n) is 8.45. The molecule has 26 heavy (non-hydrogen) atoms. The molecule has 1 atom stereocenters. The molecule has 0 aliphatic rings. The second kappa shape index (κ2) is 9.51. The first-order chi connectivity index (χ1) is 12.6. The van der Waals surface area contributed by atoms with E-state index in [1.165, 1.54) is 6.08 Å². The Morgan fingerprint density at radius 3 is 2.27 bits per heavy atom. The van der Waals surface area contributed by atoms with Gasteiger partial charge in [-0.3, -0.25) is 4.79 Å². The molecular formula is C21H25NO4. The van der Waals surface area contributed by atoms with Crippen LogP contribution in [0.1, 0.15) is 30.5 Å². The van der Waals surface area contributed by atoms with Gasteiger partial charge in [-0.25, -0.2) is 0 Å². The summed E-state index contributed by atoms with van der Waals surface area (Å²) in [5.41, 5.74) is 1.90. The lowest BCUT2D eigenvalue weighted by Gasteiger charge is -2.18. The maximum atomic E-state index is 12.3. The van der Waals surface area contributed by atoms with Crippen molar-refractivity contribution in [3.63, 3.8) is 0 Å². The smallest absolute Gasteiger partial charge is 0.244 e. The summed E-state index contributed by atoms with van der Waals surface area (Å²) in [6, 6.07) is 13.1. The number of methoxy groups -OCH3 is 3. The minimum absolute atomic E-state index is 0.108. The molecule has 2 rings (SSSR count). The third kappa shape index (κ3) is 5.02. The number of rotatable bonds is 8. The van der Waals surface area contributed by atoms with Gasteiger partial charge in [-0.15, -0.1) is 0 Å². The number of nitrogens with one attached hydrogen (secondary N) is 1. The van der Waals surface area contributed by atoms with E-state index in [2.05, 4.69) is 5.32 Å². The second-order valence-corrected chi connectivity index (χ2v) is 5.69. The predicted octanol–water partition coefficient (Wildman–Crippen LogP) is 3.99. The normalized spacial score (nSPS) is 11.8. The van der Waals surface area contributed by atoms with Crippen LogP contribution in [-0.2, 0) is 4.79 Å². The van der Waals surface area contributed by atoms with Gasteiger partial charge in [0.1, 0.15) is 5.75 Å². The third-order valence-corrected chi connectivity index (χ3v) is 4.08. The molecule has 0 bridgehead atoms. The van der Waals surface area contributed by atoms with Crippen LogP contribution in [0.5, 0.6) is 17.2 Å². The Bertz CT molecular complexity index is 753. The van der Waals surface area contributed by atoms with E-state index in [-0.39, 0.29) is 11.9 Å². The first-order valence-corrected chi connectivity index (χ1v) is 8.45. The number of ether oxygens (including phenoxy) is 3. The third-order valence-electron chi connectivity index (χ3n) is 4.08. The summed E-state index contributed by atoms with van der Waals surface area (Å²) in [7, 11) is 4.82. The van der Waals surface area contributed by atoms with Crippen LogP contribution in [0.2, 0.25) is 0 Å². The summed E-state index contributed by atoms with van der Waals surface area (Å²) in [6.45, 7) is 2.02. The maximum Gasteiger partial charge on any atom is 0.244 e. The quantitative estimate of drug-likeness (QED) is 0.728. The van der Waals surface area contributed by atoms with Crippen LogP contribution in [-0.4, -0.2) is 27.2 Å². The molecule has 0 aromatic heterocycles. The summed E-state index contributed by atoms with van der Waals surface area (Å²) >= 11 is 0. The van der Waals surface area contributed by atoms with Crippen molar-refractivity contribution in [2.45, 2.75) is 19.4 Å². The molecule has 5 nitrogen and oxygen atoms in total. The molecule has 1 N–H and O–H groups in total. The average Bonchev–Trinajstić information content (AvgIpc) is 2.70. The maximum absolute atomic E-state index is 12.3. The first kappa shape index (κ1) is 19.4. The lowest BCUT2D eigenvalue weighted by atomic mass is 10.0. The van der Waals surface area contributed by atoms with E-state index < -0.39 is 0 Å². The Morgan fingerprint density at radius 2 is 1.69 bits per heavy atom. The Labute approximate surface area is 154 Å². The number of carbonyl (C=O) groups is 1.